The summed E-state index contributed by atoms with van der Waals surface area (Å²) in [4.78, 5) is 29.2. The second-order valence-corrected chi connectivity index (χ2v) is 6.20. The highest BCUT2D eigenvalue weighted by molar-refractivity contribution is 7.17. The van der Waals surface area contributed by atoms with Crippen molar-refractivity contribution < 1.29 is 14.0 Å². The molecule has 0 fully saturated rings. The smallest absolute Gasteiger partial charge is 0.264 e. The Morgan fingerprint density at radius 2 is 1.96 bits per heavy atom. The van der Waals surface area contributed by atoms with Gasteiger partial charge in [-0.15, -0.1) is 17.8 Å². The van der Waals surface area contributed by atoms with Gasteiger partial charge in [-0.25, -0.2) is 4.98 Å². The first kappa shape index (κ1) is 17.5. The molecule has 2 N–H and O–H groups in total. The van der Waals surface area contributed by atoms with Crippen molar-refractivity contribution in [3.8, 4) is 34.4 Å². The van der Waals surface area contributed by atoms with Crippen molar-refractivity contribution in [1.82, 2.24) is 15.6 Å². The molecular formula is C19H15N3O3S. The lowest BCUT2D eigenvalue weighted by Crippen LogP contribution is -2.36. The van der Waals surface area contributed by atoms with E-state index in [1.807, 2.05) is 30.3 Å². The third-order valence-electron chi connectivity index (χ3n) is 3.41. The summed E-state index contributed by atoms with van der Waals surface area (Å²) in [6.07, 6.45) is 6.64. The molecule has 26 heavy (non-hydrogen) atoms. The topological polar surface area (TPSA) is 84.2 Å². The Bertz CT molecular complexity index is 940. The zero-order valence-corrected chi connectivity index (χ0v) is 14.5. The van der Waals surface area contributed by atoms with Crippen LogP contribution in [0.3, 0.4) is 0 Å². The maximum absolute atomic E-state index is 12.6. The van der Waals surface area contributed by atoms with Crippen LogP contribution in [0.15, 0.2) is 53.1 Å². The molecule has 2 aromatic heterocycles. The van der Waals surface area contributed by atoms with Crippen LogP contribution in [-0.4, -0.2) is 29.9 Å². The van der Waals surface area contributed by atoms with Crippen LogP contribution in [0.4, 0.5) is 0 Å². The van der Waals surface area contributed by atoms with Crippen molar-refractivity contribution in [3.05, 3.63) is 53.6 Å². The molecule has 130 valence electrons. The molecule has 3 aromatic rings. The van der Waals surface area contributed by atoms with Gasteiger partial charge in [0.15, 0.2) is 10.8 Å². The largest absolute Gasteiger partial charge is 0.462 e. The summed E-state index contributed by atoms with van der Waals surface area (Å²) in [5, 5.41) is 5.69. The molecule has 0 saturated heterocycles. The third-order valence-corrected chi connectivity index (χ3v) is 4.48. The fraction of sp³-hybridized carbons (Fsp3) is 0.105. The molecular weight excluding hydrogens is 350 g/mol. The Morgan fingerprint density at radius 3 is 2.65 bits per heavy atom. The molecule has 0 unspecified atom stereocenters. The van der Waals surface area contributed by atoms with Gasteiger partial charge in [0, 0.05) is 5.56 Å². The zero-order chi connectivity index (χ0) is 18.4. The number of rotatable bonds is 6. The average molecular weight is 365 g/mol. The average Bonchev–Trinajstić information content (AvgIpc) is 3.34. The van der Waals surface area contributed by atoms with E-state index in [-0.39, 0.29) is 24.9 Å². The van der Waals surface area contributed by atoms with Crippen LogP contribution in [0.25, 0.3) is 22.0 Å². The van der Waals surface area contributed by atoms with Crippen LogP contribution in [0.5, 0.6) is 0 Å². The van der Waals surface area contributed by atoms with Crippen molar-refractivity contribution in [3.63, 3.8) is 0 Å². The monoisotopic (exact) mass is 365 g/mol. The number of carbonyl (C=O) groups is 2. The first-order chi connectivity index (χ1) is 12.7. The number of furan rings is 1. The van der Waals surface area contributed by atoms with E-state index < -0.39 is 0 Å². The minimum atomic E-state index is -0.380. The van der Waals surface area contributed by atoms with Gasteiger partial charge in [0.2, 0.25) is 5.91 Å². The van der Waals surface area contributed by atoms with Crippen LogP contribution in [0.1, 0.15) is 9.67 Å². The first-order valence-electron chi connectivity index (χ1n) is 7.77. The minimum Gasteiger partial charge on any atom is -0.462 e. The van der Waals surface area contributed by atoms with Gasteiger partial charge in [0.05, 0.1) is 25.0 Å². The Kier molecular flexibility index (Phi) is 5.46. The van der Waals surface area contributed by atoms with Crippen molar-refractivity contribution in [1.29, 1.82) is 0 Å². The SMILES string of the molecule is C#CCNC(=O)CNC(=O)c1sc(-c2ccco2)nc1-c1ccccc1. The normalized spacial score (nSPS) is 10.1. The Hall–Kier alpha value is -3.37. The van der Waals surface area contributed by atoms with Gasteiger partial charge in [-0.05, 0) is 12.1 Å². The van der Waals surface area contributed by atoms with Crippen LogP contribution in [0, 0.1) is 12.3 Å². The number of carbonyl (C=O) groups excluding carboxylic acids is 2. The van der Waals surface area contributed by atoms with E-state index in [4.69, 9.17) is 10.8 Å². The molecule has 3 rings (SSSR count). The minimum absolute atomic E-state index is 0.118. The van der Waals surface area contributed by atoms with Crippen LogP contribution >= 0.6 is 11.3 Å². The van der Waals surface area contributed by atoms with Crippen molar-refractivity contribution in [2.75, 3.05) is 13.1 Å². The summed E-state index contributed by atoms with van der Waals surface area (Å²) in [6, 6.07) is 12.9. The second kappa shape index (κ2) is 8.14. The van der Waals surface area contributed by atoms with E-state index in [0.717, 1.165) is 5.56 Å². The third kappa shape index (κ3) is 3.99. The highest BCUT2D eigenvalue weighted by atomic mass is 32.1. The van der Waals surface area contributed by atoms with Gasteiger partial charge < -0.3 is 15.1 Å². The molecule has 7 heteroatoms. The predicted molar refractivity (Wildman–Crippen MR) is 99.4 cm³/mol. The summed E-state index contributed by atoms with van der Waals surface area (Å²) < 4.78 is 5.38. The summed E-state index contributed by atoms with van der Waals surface area (Å²) in [7, 11) is 0. The number of terminal acetylenes is 1. The number of thiazole rings is 1. The predicted octanol–water partition coefficient (Wildman–Crippen LogP) is 2.55. The maximum atomic E-state index is 12.6. The number of nitrogens with one attached hydrogen (secondary N) is 2. The van der Waals surface area contributed by atoms with E-state index in [1.54, 1.807) is 18.4 Å². The van der Waals surface area contributed by atoms with Crippen LogP contribution in [-0.2, 0) is 4.79 Å². The Labute approximate surface area is 154 Å². The van der Waals surface area contributed by atoms with E-state index in [2.05, 4.69) is 21.5 Å². The molecule has 0 aliphatic rings. The molecule has 2 amide bonds. The van der Waals surface area contributed by atoms with Crippen LogP contribution < -0.4 is 10.6 Å². The molecule has 0 bridgehead atoms. The quantitative estimate of drug-likeness (QED) is 0.658. The summed E-state index contributed by atoms with van der Waals surface area (Å²) in [6.45, 7) is -0.0457. The van der Waals surface area contributed by atoms with E-state index in [9.17, 15) is 9.59 Å². The molecule has 6 nitrogen and oxygen atoms in total. The summed E-state index contributed by atoms with van der Waals surface area (Å²) >= 11 is 1.21. The maximum Gasteiger partial charge on any atom is 0.264 e. The number of amides is 2. The molecule has 0 spiro atoms. The second-order valence-electron chi connectivity index (χ2n) is 5.20. The highest BCUT2D eigenvalue weighted by Crippen LogP contribution is 2.33. The van der Waals surface area contributed by atoms with E-state index in [1.165, 1.54) is 11.3 Å². The lowest BCUT2D eigenvalue weighted by molar-refractivity contribution is -0.119. The fourth-order valence-electron chi connectivity index (χ4n) is 2.22. The van der Waals surface area contributed by atoms with Crippen molar-refractivity contribution in [2.45, 2.75) is 0 Å². The molecule has 0 atom stereocenters. The summed E-state index contributed by atoms with van der Waals surface area (Å²) in [5.74, 6) is 2.15. The van der Waals surface area contributed by atoms with Gasteiger partial charge in [0.25, 0.3) is 5.91 Å². The molecule has 0 aliphatic carbocycles. The molecule has 0 saturated carbocycles. The van der Waals surface area contributed by atoms with Crippen molar-refractivity contribution >= 4 is 23.2 Å². The number of hydrogen-bond donors (Lipinski definition) is 2. The van der Waals surface area contributed by atoms with E-state index in [0.29, 0.717) is 21.3 Å². The van der Waals surface area contributed by atoms with E-state index >= 15 is 0 Å². The first-order valence-corrected chi connectivity index (χ1v) is 8.59. The number of nitrogens with zero attached hydrogens (tertiary/aromatic N) is 1. The van der Waals surface area contributed by atoms with Gasteiger partial charge in [0.1, 0.15) is 4.88 Å². The number of hydrogen-bond acceptors (Lipinski definition) is 5. The van der Waals surface area contributed by atoms with Gasteiger partial charge in [-0.2, -0.15) is 0 Å². The van der Waals surface area contributed by atoms with Gasteiger partial charge in [-0.3, -0.25) is 9.59 Å². The zero-order valence-electron chi connectivity index (χ0n) is 13.7. The van der Waals surface area contributed by atoms with Crippen molar-refractivity contribution in [2.24, 2.45) is 0 Å². The standard InChI is InChI=1S/C19H15N3O3S/c1-2-10-20-15(23)12-21-18(24)17-16(13-7-4-3-5-8-13)22-19(26-17)14-9-6-11-25-14/h1,3-9,11H,10,12H2,(H,20,23)(H,21,24). The van der Waals surface area contributed by atoms with Crippen LogP contribution in [0.2, 0.25) is 0 Å². The molecule has 0 aliphatic heterocycles. The number of benzene rings is 1. The lowest BCUT2D eigenvalue weighted by Gasteiger charge is -2.05. The summed E-state index contributed by atoms with van der Waals surface area (Å²) in [5.41, 5.74) is 1.35. The number of aromatic nitrogens is 1. The molecule has 1 aromatic carbocycles. The fourth-order valence-corrected chi connectivity index (χ4v) is 3.20. The molecule has 2 heterocycles. The van der Waals surface area contributed by atoms with Gasteiger partial charge >= 0.3 is 0 Å². The van der Waals surface area contributed by atoms with Gasteiger partial charge in [-0.1, -0.05) is 36.3 Å². The molecule has 0 radical (unpaired) electrons. The lowest BCUT2D eigenvalue weighted by atomic mass is 10.1. The Morgan fingerprint density at radius 1 is 1.15 bits per heavy atom. The Balaban J connectivity index is 1.86. The highest BCUT2D eigenvalue weighted by Gasteiger charge is 2.21.